The number of guanidine groups is 1. The van der Waals surface area contributed by atoms with Crippen LogP contribution in [0.15, 0.2) is 10.1 Å². The van der Waals surface area contributed by atoms with Crippen molar-refractivity contribution in [3.05, 3.63) is 5.82 Å². The number of hydrogen-bond donors (Lipinski definition) is 1. The molecule has 0 bridgehead atoms. The van der Waals surface area contributed by atoms with Gasteiger partial charge < -0.3 is 15.2 Å². The molecule has 7 heteroatoms. The fourth-order valence-corrected chi connectivity index (χ4v) is 4.55. The van der Waals surface area contributed by atoms with Crippen molar-refractivity contribution in [2.24, 2.45) is 10.7 Å². The third-order valence-electron chi connectivity index (χ3n) is 5.37. The van der Waals surface area contributed by atoms with Crippen molar-refractivity contribution < 1.29 is 0 Å². The highest BCUT2D eigenvalue weighted by Gasteiger charge is 2.23. The molecule has 1 aromatic heterocycles. The minimum Gasteiger partial charge on any atom is -0.370 e. The second-order valence-electron chi connectivity index (χ2n) is 7.16. The summed E-state index contributed by atoms with van der Waals surface area (Å²) >= 11 is 1.70. The number of thioether (sulfide) groups is 1. The van der Waals surface area contributed by atoms with Crippen LogP contribution in [0.1, 0.15) is 69.7 Å². The van der Waals surface area contributed by atoms with Crippen molar-refractivity contribution in [3.63, 3.8) is 0 Å². The molecule has 2 aliphatic rings. The van der Waals surface area contributed by atoms with Gasteiger partial charge in [0, 0.05) is 32.1 Å². The Morgan fingerprint density at radius 1 is 1.12 bits per heavy atom. The molecule has 0 atom stereocenters. The van der Waals surface area contributed by atoms with E-state index in [1.807, 2.05) is 0 Å². The highest BCUT2D eigenvalue weighted by atomic mass is 32.2. The molecule has 0 amide bonds. The number of aromatic nitrogens is 3. The molecule has 6 nitrogen and oxygen atoms in total. The quantitative estimate of drug-likeness (QED) is 0.363. The van der Waals surface area contributed by atoms with Crippen LogP contribution in [0, 0.1) is 0 Å². The second kappa shape index (κ2) is 9.46. The van der Waals surface area contributed by atoms with E-state index in [0.717, 1.165) is 49.4 Å². The normalized spacial score (nSPS) is 20.2. The van der Waals surface area contributed by atoms with Gasteiger partial charge in [-0.15, -0.1) is 10.2 Å². The number of aryl methyl sites for hydroxylation is 1. The molecule has 140 valence electrons. The highest BCUT2D eigenvalue weighted by molar-refractivity contribution is 7.98. The van der Waals surface area contributed by atoms with E-state index in [-0.39, 0.29) is 0 Å². The molecule has 1 saturated carbocycles. The van der Waals surface area contributed by atoms with E-state index in [0.29, 0.717) is 6.04 Å². The maximum Gasteiger partial charge on any atom is 0.191 e. The van der Waals surface area contributed by atoms with Crippen LogP contribution >= 0.6 is 11.8 Å². The molecule has 2 fully saturated rings. The average Bonchev–Trinajstić information content (AvgIpc) is 3.20. The highest BCUT2D eigenvalue weighted by Crippen LogP contribution is 2.33. The average molecular weight is 365 g/mol. The minimum atomic E-state index is 0.595. The molecule has 0 radical (unpaired) electrons. The first-order chi connectivity index (χ1) is 12.3. The van der Waals surface area contributed by atoms with Crippen LogP contribution < -0.4 is 5.73 Å². The summed E-state index contributed by atoms with van der Waals surface area (Å²) in [4.78, 5) is 6.87. The van der Waals surface area contributed by atoms with Gasteiger partial charge in [-0.05, 0) is 38.4 Å². The number of nitrogens with zero attached hydrogens (tertiary/aromatic N) is 5. The van der Waals surface area contributed by atoms with Gasteiger partial charge in [-0.3, -0.25) is 4.99 Å². The summed E-state index contributed by atoms with van der Waals surface area (Å²) in [7, 11) is 0. The molecule has 0 unspecified atom stereocenters. The third kappa shape index (κ3) is 4.90. The molecule has 1 aromatic rings. The van der Waals surface area contributed by atoms with Crippen LogP contribution in [0.3, 0.4) is 0 Å². The van der Waals surface area contributed by atoms with Crippen LogP contribution in [-0.2, 0) is 6.42 Å². The monoisotopic (exact) mass is 364 g/mol. The zero-order valence-electron chi connectivity index (χ0n) is 15.5. The SMILES string of the molecule is CSc1nnc(CCCN=C(N)N2CCCCCC2)n1C1CCCC1. The zero-order chi connectivity index (χ0) is 17.5. The predicted molar refractivity (Wildman–Crippen MR) is 104 cm³/mol. The molecule has 0 spiro atoms. The van der Waals surface area contributed by atoms with Crippen LogP contribution in [-0.4, -0.2) is 51.5 Å². The number of likely N-dealkylation sites (tertiary alicyclic amines) is 1. The van der Waals surface area contributed by atoms with Crippen LogP contribution in [0.5, 0.6) is 0 Å². The largest absolute Gasteiger partial charge is 0.370 e. The number of nitrogens with two attached hydrogens (primary N) is 1. The van der Waals surface area contributed by atoms with Crippen molar-refractivity contribution in [2.45, 2.75) is 75.4 Å². The molecule has 1 saturated heterocycles. The van der Waals surface area contributed by atoms with Crippen LogP contribution in [0.4, 0.5) is 0 Å². The summed E-state index contributed by atoms with van der Waals surface area (Å²) in [5.41, 5.74) is 6.19. The lowest BCUT2D eigenvalue weighted by Crippen LogP contribution is -2.38. The molecule has 1 aliphatic carbocycles. The van der Waals surface area contributed by atoms with E-state index in [2.05, 4.69) is 30.9 Å². The van der Waals surface area contributed by atoms with E-state index < -0.39 is 0 Å². The Hall–Kier alpha value is -1.24. The number of hydrogen-bond acceptors (Lipinski definition) is 4. The van der Waals surface area contributed by atoms with E-state index in [4.69, 9.17) is 5.73 Å². The number of rotatable bonds is 6. The first-order valence-electron chi connectivity index (χ1n) is 9.82. The Bertz CT molecular complexity index is 556. The van der Waals surface area contributed by atoms with Crippen molar-refractivity contribution in [3.8, 4) is 0 Å². The van der Waals surface area contributed by atoms with Gasteiger partial charge in [0.25, 0.3) is 0 Å². The molecular weight excluding hydrogens is 332 g/mol. The smallest absolute Gasteiger partial charge is 0.191 e. The molecule has 3 rings (SSSR count). The third-order valence-corrected chi connectivity index (χ3v) is 6.01. The van der Waals surface area contributed by atoms with E-state index >= 15 is 0 Å². The molecule has 2 heterocycles. The zero-order valence-corrected chi connectivity index (χ0v) is 16.3. The predicted octanol–water partition coefficient (Wildman–Crippen LogP) is 3.24. The van der Waals surface area contributed by atoms with Crippen molar-refractivity contribution in [2.75, 3.05) is 25.9 Å². The maximum atomic E-state index is 6.19. The summed E-state index contributed by atoms with van der Waals surface area (Å²) in [6, 6.07) is 0.595. The van der Waals surface area contributed by atoms with Crippen molar-refractivity contribution >= 4 is 17.7 Å². The molecular formula is C18H32N6S. The lowest BCUT2D eigenvalue weighted by atomic mass is 10.2. The molecule has 0 aromatic carbocycles. The Kier molecular flexibility index (Phi) is 7.02. The van der Waals surface area contributed by atoms with Crippen molar-refractivity contribution in [1.82, 2.24) is 19.7 Å². The van der Waals surface area contributed by atoms with Gasteiger partial charge in [0.05, 0.1) is 0 Å². The van der Waals surface area contributed by atoms with Gasteiger partial charge in [-0.2, -0.15) is 0 Å². The van der Waals surface area contributed by atoms with Gasteiger partial charge >= 0.3 is 0 Å². The topological polar surface area (TPSA) is 72.3 Å². The first kappa shape index (κ1) is 18.5. The van der Waals surface area contributed by atoms with Gasteiger partial charge in [0.15, 0.2) is 11.1 Å². The second-order valence-corrected chi connectivity index (χ2v) is 7.93. The summed E-state index contributed by atoms with van der Waals surface area (Å²) in [6.07, 6.45) is 14.3. The fourth-order valence-electron chi connectivity index (χ4n) is 3.98. The number of aliphatic imine (C=N–C) groups is 1. The molecule has 2 N–H and O–H groups in total. The molecule has 25 heavy (non-hydrogen) atoms. The van der Waals surface area contributed by atoms with Gasteiger partial charge in [-0.25, -0.2) is 0 Å². The Balaban J connectivity index is 1.53. The maximum absolute atomic E-state index is 6.19. The first-order valence-corrected chi connectivity index (χ1v) is 11.0. The lowest BCUT2D eigenvalue weighted by molar-refractivity contribution is 0.428. The van der Waals surface area contributed by atoms with Crippen LogP contribution in [0.25, 0.3) is 0 Å². The lowest BCUT2D eigenvalue weighted by Gasteiger charge is -2.21. The Morgan fingerprint density at radius 3 is 2.52 bits per heavy atom. The summed E-state index contributed by atoms with van der Waals surface area (Å²) in [5, 5.41) is 9.90. The van der Waals surface area contributed by atoms with E-state index in [1.54, 1.807) is 11.8 Å². The minimum absolute atomic E-state index is 0.595. The summed E-state index contributed by atoms with van der Waals surface area (Å²) in [5.74, 6) is 1.85. The Morgan fingerprint density at radius 2 is 1.84 bits per heavy atom. The van der Waals surface area contributed by atoms with Crippen LogP contribution in [0.2, 0.25) is 0 Å². The van der Waals surface area contributed by atoms with Gasteiger partial charge in [0.2, 0.25) is 0 Å². The van der Waals surface area contributed by atoms with E-state index in [1.165, 1.54) is 51.4 Å². The standard InChI is InChI=1S/C18H32N6S/c1-25-18-22-21-16(24(18)15-9-4-5-10-15)11-8-12-20-17(19)23-13-6-2-3-7-14-23/h15H,2-14H2,1H3,(H2,19,20). The van der Waals surface area contributed by atoms with E-state index in [9.17, 15) is 0 Å². The van der Waals surface area contributed by atoms with Gasteiger partial charge in [-0.1, -0.05) is 37.4 Å². The Labute approximate surface area is 155 Å². The van der Waals surface area contributed by atoms with Crippen molar-refractivity contribution in [1.29, 1.82) is 0 Å². The summed E-state index contributed by atoms with van der Waals surface area (Å²) < 4.78 is 2.39. The fraction of sp³-hybridized carbons (Fsp3) is 0.833. The summed E-state index contributed by atoms with van der Waals surface area (Å²) in [6.45, 7) is 2.89. The van der Waals surface area contributed by atoms with Gasteiger partial charge in [0.1, 0.15) is 5.82 Å². The molecule has 1 aliphatic heterocycles.